The lowest BCUT2D eigenvalue weighted by Gasteiger charge is -2.34. The number of hydrogen-bond acceptors (Lipinski definition) is 8. The third-order valence-corrected chi connectivity index (χ3v) is 7.78. The standard InChI is InChI=1S/C20H24N6O3S/c1-13-12-29-10-9-25(13)19-16-6-8-26(30(27,28)15-3-4-15)20(16)24-18(23-19)14-5-7-22-17(11-14)21-2/h5-8,11,13,15H,3-4,9-10,12H2,1-2H3,(H,21,22)/t13-/m1/s1. The first-order valence-corrected chi connectivity index (χ1v) is 11.6. The Labute approximate surface area is 175 Å². The molecule has 1 saturated heterocycles. The Morgan fingerprint density at radius 2 is 2.07 bits per heavy atom. The van der Waals surface area contributed by atoms with Gasteiger partial charge in [-0.05, 0) is 38.0 Å². The molecule has 0 amide bonds. The molecule has 1 aliphatic carbocycles. The first kappa shape index (κ1) is 19.3. The highest BCUT2D eigenvalue weighted by molar-refractivity contribution is 7.91. The molecule has 4 heterocycles. The van der Waals surface area contributed by atoms with Crippen LogP contribution in [0.15, 0.2) is 30.6 Å². The van der Waals surface area contributed by atoms with Crippen LogP contribution in [-0.4, -0.2) is 65.4 Å². The third-order valence-electron chi connectivity index (χ3n) is 5.62. The van der Waals surface area contributed by atoms with Gasteiger partial charge in [0.2, 0.25) is 10.0 Å². The highest BCUT2D eigenvalue weighted by Crippen LogP contribution is 2.35. The minimum atomic E-state index is -3.46. The average molecular weight is 429 g/mol. The Balaban J connectivity index is 1.74. The van der Waals surface area contributed by atoms with E-state index < -0.39 is 10.0 Å². The molecular formula is C20H24N6O3S. The van der Waals surface area contributed by atoms with Crippen molar-refractivity contribution in [3.05, 3.63) is 30.6 Å². The predicted octanol–water partition coefficient (Wildman–Crippen LogP) is 2.10. The van der Waals surface area contributed by atoms with Crippen LogP contribution in [0.1, 0.15) is 19.8 Å². The molecule has 0 bridgehead atoms. The van der Waals surface area contributed by atoms with Gasteiger partial charge in [0.1, 0.15) is 11.6 Å². The Hall–Kier alpha value is -2.72. The number of morpholine rings is 1. The van der Waals surface area contributed by atoms with Crippen molar-refractivity contribution in [2.45, 2.75) is 31.1 Å². The van der Waals surface area contributed by atoms with Crippen LogP contribution >= 0.6 is 0 Å². The summed E-state index contributed by atoms with van der Waals surface area (Å²) in [7, 11) is -1.67. The van der Waals surface area contributed by atoms with Crippen molar-refractivity contribution >= 4 is 32.7 Å². The van der Waals surface area contributed by atoms with Gasteiger partial charge < -0.3 is 15.0 Å². The number of nitrogens with one attached hydrogen (secondary N) is 1. The van der Waals surface area contributed by atoms with Gasteiger partial charge in [0.05, 0.1) is 29.9 Å². The molecule has 1 aliphatic heterocycles. The van der Waals surface area contributed by atoms with Gasteiger partial charge in [0.25, 0.3) is 0 Å². The topological polar surface area (TPSA) is 102 Å². The van der Waals surface area contributed by atoms with E-state index in [2.05, 4.69) is 22.1 Å². The number of aromatic nitrogens is 4. The van der Waals surface area contributed by atoms with Crippen molar-refractivity contribution < 1.29 is 13.2 Å². The number of ether oxygens (including phenoxy) is 1. The number of hydrogen-bond donors (Lipinski definition) is 1. The number of pyridine rings is 1. The zero-order chi connectivity index (χ0) is 20.9. The average Bonchev–Trinajstić information content (AvgIpc) is 3.53. The van der Waals surface area contributed by atoms with Crippen molar-refractivity contribution in [3.63, 3.8) is 0 Å². The normalized spacial score (nSPS) is 19.9. The molecule has 3 aromatic rings. The smallest absolute Gasteiger partial charge is 0.243 e. The van der Waals surface area contributed by atoms with E-state index in [4.69, 9.17) is 14.7 Å². The van der Waals surface area contributed by atoms with Gasteiger partial charge in [0.15, 0.2) is 11.5 Å². The van der Waals surface area contributed by atoms with Crippen LogP contribution in [0.3, 0.4) is 0 Å². The predicted molar refractivity (Wildman–Crippen MR) is 115 cm³/mol. The fourth-order valence-electron chi connectivity index (χ4n) is 3.80. The summed E-state index contributed by atoms with van der Waals surface area (Å²) in [5, 5.41) is 3.43. The number of nitrogens with zero attached hydrogens (tertiary/aromatic N) is 5. The Morgan fingerprint density at radius 1 is 1.23 bits per heavy atom. The molecule has 2 aliphatic rings. The van der Waals surface area contributed by atoms with E-state index in [1.165, 1.54) is 3.97 Å². The molecule has 9 nitrogen and oxygen atoms in total. The summed E-state index contributed by atoms with van der Waals surface area (Å²) in [5.41, 5.74) is 1.19. The molecule has 158 valence electrons. The maximum atomic E-state index is 13.0. The second-order valence-electron chi connectivity index (χ2n) is 7.76. The van der Waals surface area contributed by atoms with Crippen molar-refractivity contribution in [1.82, 2.24) is 18.9 Å². The second kappa shape index (κ2) is 7.21. The van der Waals surface area contributed by atoms with Crippen LogP contribution in [0.4, 0.5) is 11.6 Å². The van der Waals surface area contributed by atoms with E-state index in [0.29, 0.717) is 49.9 Å². The molecule has 10 heteroatoms. The second-order valence-corrected chi connectivity index (χ2v) is 9.85. The maximum absolute atomic E-state index is 13.0. The molecule has 5 rings (SSSR count). The van der Waals surface area contributed by atoms with Gasteiger partial charge >= 0.3 is 0 Å². The Bertz CT molecular complexity index is 1200. The van der Waals surface area contributed by atoms with E-state index in [1.807, 2.05) is 18.2 Å². The minimum absolute atomic E-state index is 0.124. The first-order valence-electron chi connectivity index (χ1n) is 10.1. The zero-order valence-electron chi connectivity index (χ0n) is 16.9. The van der Waals surface area contributed by atoms with Gasteiger partial charge in [-0.1, -0.05) is 0 Å². The van der Waals surface area contributed by atoms with Crippen LogP contribution in [0.5, 0.6) is 0 Å². The summed E-state index contributed by atoms with van der Waals surface area (Å²) in [4.78, 5) is 16.0. The molecule has 1 N–H and O–H groups in total. The fraction of sp³-hybridized carbons (Fsp3) is 0.450. The molecule has 0 unspecified atom stereocenters. The molecule has 30 heavy (non-hydrogen) atoms. The van der Waals surface area contributed by atoms with E-state index >= 15 is 0 Å². The van der Waals surface area contributed by atoms with Gasteiger partial charge in [-0.25, -0.2) is 27.3 Å². The molecule has 3 aromatic heterocycles. The summed E-state index contributed by atoms with van der Waals surface area (Å²) in [6.07, 6.45) is 4.69. The number of rotatable bonds is 5. The summed E-state index contributed by atoms with van der Waals surface area (Å²) in [6, 6.07) is 5.62. The van der Waals surface area contributed by atoms with E-state index in [9.17, 15) is 8.42 Å². The van der Waals surface area contributed by atoms with Crippen LogP contribution in [0, 0.1) is 0 Å². The van der Waals surface area contributed by atoms with Gasteiger partial charge in [0, 0.05) is 31.5 Å². The summed E-state index contributed by atoms with van der Waals surface area (Å²) in [5.74, 6) is 1.90. The number of fused-ring (bicyclic) bond motifs is 1. The molecule has 0 aromatic carbocycles. The fourth-order valence-corrected chi connectivity index (χ4v) is 5.47. The Morgan fingerprint density at radius 3 is 2.80 bits per heavy atom. The number of anilines is 2. The largest absolute Gasteiger partial charge is 0.377 e. The van der Waals surface area contributed by atoms with E-state index in [-0.39, 0.29) is 11.3 Å². The summed E-state index contributed by atoms with van der Waals surface area (Å²) in [6.45, 7) is 3.97. The maximum Gasteiger partial charge on any atom is 0.243 e. The molecule has 1 saturated carbocycles. The monoisotopic (exact) mass is 428 g/mol. The minimum Gasteiger partial charge on any atom is -0.377 e. The molecular weight excluding hydrogens is 404 g/mol. The SMILES string of the molecule is CNc1cc(-c2nc(N3CCOC[C@H]3C)c3ccn(S(=O)(=O)C4CC4)c3n2)ccn1. The highest BCUT2D eigenvalue weighted by Gasteiger charge is 2.38. The molecule has 1 atom stereocenters. The van der Waals surface area contributed by atoms with Crippen molar-refractivity contribution in [2.24, 2.45) is 0 Å². The molecule has 0 spiro atoms. The molecule has 2 fully saturated rings. The Kier molecular flexibility index (Phi) is 4.62. The van der Waals surface area contributed by atoms with Crippen molar-refractivity contribution in [1.29, 1.82) is 0 Å². The third kappa shape index (κ3) is 3.20. The summed E-state index contributed by atoms with van der Waals surface area (Å²) >= 11 is 0. The van der Waals surface area contributed by atoms with Gasteiger partial charge in [-0.3, -0.25) is 0 Å². The lowest BCUT2D eigenvalue weighted by atomic mass is 10.2. The quantitative estimate of drug-likeness (QED) is 0.659. The van der Waals surface area contributed by atoms with Crippen LogP contribution in [-0.2, 0) is 14.8 Å². The zero-order valence-corrected chi connectivity index (χ0v) is 17.8. The lowest BCUT2D eigenvalue weighted by Crippen LogP contribution is -2.44. The van der Waals surface area contributed by atoms with Crippen LogP contribution in [0.2, 0.25) is 0 Å². The van der Waals surface area contributed by atoms with Crippen molar-refractivity contribution in [2.75, 3.05) is 37.0 Å². The van der Waals surface area contributed by atoms with Crippen LogP contribution < -0.4 is 10.2 Å². The van der Waals surface area contributed by atoms with Gasteiger partial charge in [-0.2, -0.15) is 0 Å². The lowest BCUT2D eigenvalue weighted by molar-refractivity contribution is 0.0987. The summed E-state index contributed by atoms with van der Waals surface area (Å²) < 4.78 is 33.0. The molecule has 0 radical (unpaired) electrons. The van der Waals surface area contributed by atoms with Gasteiger partial charge in [-0.15, -0.1) is 0 Å². The van der Waals surface area contributed by atoms with Crippen molar-refractivity contribution in [3.8, 4) is 11.4 Å². The highest BCUT2D eigenvalue weighted by atomic mass is 32.2. The van der Waals surface area contributed by atoms with E-state index in [1.54, 1.807) is 19.4 Å². The first-order chi connectivity index (χ1) is 14.5. The van der Waals surface area contributed by atoms with E-state index in [0.717, 1.165) is 16.8 Å². The van der Waals surface area contributed by atoms with Crippen LogP contribution in [0.25, 0.3) is 22.4 Å².